The third kappa shape index (κ3) is 3.14. The summed E-state index contributed by atoms with van der Waals surface area (Å²) in [6.45, 7) is 8.13. The van der Waals surface area contributed by atoms with E-state index in [1.807, 2.05) is 6.07 Å². The topological polar surface area (TPSA) is 88.1 Å². The average Bonchev–Trinajstić information content (AvgIpc) is 2.90. The van der Waals surface area contributed by atoms with Crippen LogP contribution in [0.15, 0.2) is 16.6 Å². The number of aromatic amines is 1. The smallest absolute Gasteiger partial charge is 0.361 e. The number of carbonyl (C=O) groups excluding carboxylic acids is 1. The first-order chi connectivity index (χ1) is 10.3. The fourth-order valence-corrected chi connectivity index (χ4v) is 2.43. The predicted molar refractivity (Wildman–Crippen MR) is 85.8 cm³/mol. The van der Waals surface area contributed by atoms with Crippen LogP contribution in [-0.4, -0.2) is 33.1 Å². The molecular formula is C15H18BrN3O3. The average molecular weight is 368 g/mol. The van der Waals surface area contributed by atoms with Crippen LogP contribution in [0.5, 0.6) is 5.75 Å². The van der Waals surface area contributed by atoms with Crippen molar-refractivity contribution in [2.75, 3.05) is 6.61 Å². The highest BCUT2D eigenvalue weighted by molar-refractivity contribution is 9.10. The van der Waals surface area contributed by atoms with E-state index in [0.717, 1.165) is 5.56 Å². The molecule has 0 fully saturated rings. The lowest BCUT2D eigenvalue weighted by Crippen LogP contribution is -2.11. The van der Waals surface area contributed by atoms with E-state index in [1.54, 1.807) is 13.0 Å². The maximum absolute atomic E-state index is 11.9. The summed E-state index contributed by atoms with van der Waals surface area (Å²) < 4.78 is 5.50. The fourth-order valence-electron chi connectivity index (χ4n) is 1.97. The summed E-state index contributed by atoms with van der Waals surface area (Å²) in [6, 6.07) is 3.66. The number of hydrogen-bond donors (Lipinski definition) is 2. The number of nitrogens with one attached hydrogen (secondary N) is 1. The summed E-state index contributed by atoms with van der Waals surface area (Å²) in [7, 11) is 0. The molecular weight excluding hydrogens is 350 g/mol. The first-order valence-corrected chi connectivity index (χ1v) is 7.66. The molecule has 0 unspecified atom stereocenters. The number of nitrogens with zero attached hydrogens (tertiary/aromatic N) is 2. The Balaban J connectivity index is 2.61. The van der Waals surface area contributed by atoms with Crippen LogP contribution in [0.1, 0.15) is 43.7 Å². The van der Waals surface area contributed by atoms with Gasteiger partial charge in [-0.05, 0) is 46.0 Å². The van der Waals surface area contributed by atoms with Crippen LogP contribution < -0.4 is 0 Å². The number of ether oxygens (including phenoxy) is 1. The zero-order valence-electron chi connectivity index (χ0n) is 12.9. The monoisotopic (exact) mass is 367 g/mol. The molecule has 118 valence electrons. The lowest BCUT2D eigenvalue weighted by atomic mass is 9.85. The van der Waals surface area contributed by atoms with Crippen molar-refractivity contribution in [1.82, 2.24) is 15.4 Å². The van der Waals surface area contributed by atoms with Crippen LogP contribution in [-0.2, 0) is 10.2 Å². The molecule has 2 aromatic rings. The molecule has 0 aliphatic heterocycles. The standard InChI is InChI=1S/C15H18BrN3O3/c1-5-22-14(21)12-11(17-19-18-12)9-6-8(15(2,3)4)7-10(16)13(9)20/h6-7,20H,5H2,1-4H3,(H,17,18,19). The summed E-state index contributed by atoms with van der Waals surface area (Å²) in [4.78, 5) is 11.9. The Morgan fingerprint density at radius 1 is 1.36 bits per heavy atom. The molecule has 0 radical (unpaired) electrons. The van der Waals surface area contributed by atoms with Crippen molar-refractivity contribution in [3.8, 4) is 17.0 Å². The van der Waals surface area contributed by atoms with Gasteiger partial charge in [0.2, 0.25) is 0 Å². The van der Waals surface area contributed by atoms with Crippen molar-refractivity contribution in [1.29, 1.82) is 0 Å². The van der Waals surface area contributed by atoms with Gasteiger partial charge in [-0.1, -0.05) is 20.8 Å². The number of rotatable bonds is 3. The molecule has 1 aromatic carbocycles. The lowest BCUT2D eigenvalue weighted by molar-refractivity contribution is 0.0520. The molecule has 0 saturated heterocycles. The minimum Gasteiger partial charge on any atom is -0.506 e. The summed E-state index contributed by atoms with van der Waals surface area (Å²) in [5, 5.41) is 20.6. The zero-order chi connectivity index (χ0) is 16.5. The van der Waals surface area contributed by atoms with E-state index in [1.165, 1.54) is 0 Å². The van der Waals surface area contributed by atoms with Crippen LogP contribution in [0, 0.1) is 0 Å². The molecule has 0 saturated carbocycles. The summed E-state index contributed by atoms with van der Waals surface area (Å²) in [5.41, 5.74) is 1.61. The van der Waals surface area contributed by atoms with Crippen molar-refractivity contribution < 1.29 is 14.6 Å². The minimum absolute atomic E-state index is 0.00690. The number of carbonyl (C=O) groups is 1. The SMILES string of the molecule is CCOC(=O)c1n[nH]nc1-c1cc(C(C)(C)C)cc(Br)c1O. The van der Waals surface area contributed by atoms with Crippen LogP contribution in [0.25, 0.3) is 11.3 Å². The maximum atomic E-state index is 11.9. The van der Waals surface area contributed by atoms with Gasteiger partial charge in [-0.15, -0.1) is 5.10 Å². The van der Waals surface area contributed by atoms with Crippen molar-refractivity contribution in [2.24, 2.45) is 0 Å². The van der Waals surface area contributed by atoms with Crippen LogP contribution in [0.2, 0.25) is 0 Å². The van der Waals surface area contributed by atoms with Gasteiger partial charge >= 0.3 is 5.97 Å². The Kier molecular flexibility index (Phi) is 4.55. The van der Waals surface area contributed by atoms with E-state index >= 15 is 0 Å². The first kappa shape index (κ1) is 16.5. The molecule has 22 heavy (non-hydrogen) atoms. The summed E-state index contributed by atoms with van der Waals surface area (Å²) >= 11 is 3.34. The number of hydrogen-bond acceptors (Lipinski definition) is 5. The molecule has 6 nitrogen and oxygen atoms in total. The van der Waals surface area contributed by atoms with E-state index in [0.29, 0.717) is 10.0 Å². The quantitative estimate of drug-likeness (QED) is 0.811. The zero-order valence-corrected chi connectivity index (χ0v) is 14.5. The van der Waals surface area contributed by atoms with Gasteiger partial charge in [0.1, 0.15) is 11.4 Å². The van der Waals surface area contributed by atoms with Gasteiger partial charge in [-0.2, -0.15) is 10.3 Å². The second-order valence-corrected chi connectivity index (χ2v) is 6.70. The lowest BCUT2D eigenvalue weighted by Gasteiger charge is -2.21. The Morgan fingerprint density at radius 2 is 2.05 bits per heavy atom. The number of aromatic hydroxyl groups is 1. The number of phenolic OH excluding ortho intramolecular Hbond substituents is 1. The van der Waals surface area contributed by atoms with Gasteiger partial charge in [-0.25, -0.2) is 4.79 Å². The Labute approximate surface area is 137 Å². The van der Waals surface area contributed by atoms with E-state index in [-0.39, 0.29) is 29.2 Å². The Hall–Kier alpha value is -1.89. The largest absolute Gasteiger partial charge is 0.506 e. The van der Waals surface area contributed by atoms with Gasteiger partial charge in [0, 0.05) is 5.56 Å². The number of esters is 1. The Bertz CT molecular complexity index is 705. The van der Waals surface area contributed by atoms with Gasteiger partial charge in [0.05, 0.1) is 11.1 Å². The minimum atomic E-state index is -0.581. The highest BCUT2D eigenvalue weighted by Gasteiger charge is 2.25. The molecule has 2 rings (SSSR count). The molecule has 0 spiro atoms. The van der Waals surface area contributed by atoms with Gasteiger partial charge in [0.15, 0.2) is 5.69 Å². The van der Waals surface area contributed by atoms with Gasteiger partial charge in [-0.3, -0.25) is 0 Å². The van der Waals surface area contributed by atoms with Crippen LogP contribution in [0.4, 0.5) is 0 Å². The molecule has 1 aromatic heterocycles. The number of aromatic nitrogens is 3. The van der Waals surface area contributed by atoms with Crippen molar-refractivity contribution >= 4 is 21.9 Å². The highest BCUT2D eigenvalue weighted by Crippen LogP contribution is 2.39. The molecule has 0 amide bonds. The molecule has 1 heterocycles. The van der Waals surface area contributed by atoms with E-state index in [4.69, 9.17) is 4.74 Å². The summed E-state index contributed by atoms with van der Waals surface area (Å²) in [5.74, 6) is -0.574. The highest BCUT2D eigenvalue weighted by atomic mass is 79.9. The normalized spacial score (nSPS) is 11.5. The summed E-state index contributed by atoms with van der Waals surface area (Å²) in [6.07, 6.45) is 0. The maximum Gasteiger partial charge on any atom is 0.361 e. The van der Waals surface area contributed by atoms with E-state index in [9.17, 15) is 9.90 Å². The molecule has 0 aliphatic rings. The Morgan fingerprint density at radius 3 is 2.64 bits per heavy atom. The molecule has 0 atom stereocenters. The van der Waals surface area contributed by atoms with Gasteiger partial charge < -0.3 is 9.84 Å². The van der Waals surface area contributed by atoms with Crippen molar-refractivity contribution in [3.05, 3.63) is 27.9 Å². The third-order valence-electron chi connectivity index (χ3n) is 3.20. The molecule has 2 N–H and O–H groups in total. The molecule has 0 bridgehead atoms. The molecule has 0 aliphatic carbocycles. The fraction of sp³-hybridized carbons (Fsp3) is 0.400. The predicted octanol–water partition coefficient (Wildman–Crippen LogP) is 3.41. The third-order valence-corrected chi connectivity index (χ3v) is 3.81. The second kappa shape index (κ2) is 6.08. The number of phenols is 1. The van der Waals surface area contributed by atoms with E-state index in [2.05, 4.69) is 52.1 Å². The van der Waals surface area contributed by atoms with E-state index < -0.39 is 5.97 Å². The van der Waals surface area contributed by atoms with Crippen molar-refractivity contribution in [2.45, 2.75) is 33.1 Å². The van der Waals surface area contributed by atoms with Crippen LogP contribution in [0.3, 0.4) is 0 Å². The van der Waals surface area contributed by atoms with Gasteiger partial charge in [0.25, 0.3) is 0 Å². The van der Waals surface area contributed by atoms with Crippen molar-refractivity contribution in [3.63, 3.8) is 0 Å². The molecule has 7 heteroatoms. The second-order valence-electron chi connectivity index (χ2n) is 5.85. The number of benzene rings is 1. The van der Waals surface area contributed by atoms with Crippen LogP contribution >= 0.6 is 15.9 Å². The number of H-pyrrole nitrogens is 1. The first-order valence-electron chi connectivity index (χ1n) is 6.87. The number of halogens is 1.